The number of rotatable bonds is 7. The van der Waals surface area contributed by atoms with Gasteiger partial charge in [-0.25, -0.2) is 0 Å². The maximum atomic E-state index is 4.68. The van der Waals surface area contributed by atoms with Crippen molar-refractivity contribution in [1.82, 2.24) is 4.90 Å². The van der Waals surface area contributed by atoms with Crippen molar-refractivity contribution in [2.24, 2.45) is 10.9 Å². The highest BCUT2D eigenvalue weighted by Gasteiger charge is 2.28. The lowest BCUT2D eigenvalue weighted by Gasteiger charge is -2.36. The van der Waals surface area contributed by atoms with E-state index >= 15 is 0 Å². The summed E-state index contributed by atoms with van der Waals surface area (Å²) in [5.74, 6) is 1.16. The lowest BCUT2D eigenvalue weighted by Crippen LogP contribution is -2.35. The second-order valence-corrected chi connectivity index (χ2v) is 7.93. The summed E-state index contributed by atoms with van der Waals surface area (Å²) in [5.41, 5.74) is 4.24. The lowest BCUT2D eigenvalue weighted by molar-refractivity contribution is 0.254. The molecule has 0 saturated carbocycles. The summed E-state index contributed by atoms with van der Waals surface area (Å²) in [5, 5.41) is 0. The molecule has 29 heavy (non-hydrogen) atoms. The summed E-state index contributed by atoms with van der Waals surface area (Å²) in [4.78, 5) is 7.07. The quantitative estimate of drug-likeness (QED) is 0.372. The Morgan fingerprint density at radius 2 is 1.28 bits per heavy atom. The Kier molecular flexibility index (Phi) is 6.75. The summed E-state index contributed by atoms with van der Waals surface area (Å²) in [7, 11) is 0. The zero-order chi connectivity index (χ0) is 19.7. The first kappa shape index (κ1) is 19.4. The molecule has 0 amide bonds. The van der Waals surface area contributed by atoms with Gasteiger partial charge in [0.1, 0.15) is 0 Å². The molecule has 0 N–H and O–H groups in total. The largest absolute Gasteiger partial charge is 0.363 e. The standard InChI is InChI=1S/C27H30N2/c1-4-10-23(11-5-1)16-19-28-22-29-20-17-26(18-21-29)27(24-12-6-2-7-13-24)25-14-8-3-9-15-25/h1-15,22,26-27H,16-21H2. The smallest absolute Gasteiger partial charge is 0.0849 e. The molecule has 0 unspecified atom stereocenters. The van der Waals surface area contributed by atoms with E-state index in [1.807, 2.05) is 0 Å². The minimum atomic E-state index is 0.481. The molecule has 1 aliphatic rings. The van der Waals surface area contributed by atoms with Gasteiger partial charge in [-0.05, 0) is 41.9 Å². The maximum Gasteiger partial charge on any atom is 0.0849 e. The monoisotopic (exact) mass is 382 g/mol. The van der Waals surface area contributed by atoms with E-state index in [-0.39, 0.29) is 0 Å². The van der Waals surface area contributed by atoms with E-state index in [0.29, 0.717) is 11.8 Å². The third-order valence-corrected chi connectivity index (χ3v) is 5.98. The van der Waals surface area contributed by atoms with Gasteiger partial charge in [0.2, 0.25) is 0 Å². The van der Waals surface area contributed by atoms with Crippen molar-refractivity contribution >= 4 is 6.34 Å². The second kappa shape index (κ2) is 10.1. The summed E-state index contributed by atoms with van der Waals surface area (Å²) in [6.45, 7) is 3.05. The van der Waals surface area contributed by atoms with Crippen LogP contribution in [0.3, 0.4) is 0 Å². The molecule has 1 aliphatic heterocycles. The van der Waals surface area contributed by atoms with E-state index in [1.165, 1.54) is 29.5 Å². The van der Waals surface area contributed by atoms with Crippen LogP contribution >= 0.6 is 0 Å². The molecule has 1 saturated heterocycles. The first-order valence-corrected chi connectivity index (χ1v) is 10.8. The van der Waals surface area contributed by atoms with Crippen LogP contribution in [0.1, 0.15) is 35.4 Å². The van der Waals surface area contributed by atoms with Gasteiger partial charge in [0.25, 0.3) is 0 Å². The van der Waals surface area contributed by atoms with E-state index < -0.39 is 0 Å². The predicted octanol–water partition coefficient (Wildman–Crippen LogP) is 5.80. The minimum Gasteiger partial charge on any atom is -0.363 e. The molecule has 1 fully saturated rings. The van der Waals surface area contributed by atoms with Gasteiger partial charge in [0.05, 0.1) is 6.34 Å². The first-order valence-electron chi connectivity index (χ1n) is 10.8. The molecule has 2 nitrogen and oxygen atoms in total. The topological polar surface area (TPSA) is 15.6 Å². The fourth-order valence-corrected chi connectivity index (χ4v) is 4.44. The molecule has 3 aromatic rings. The molecule has 0 radical (unpaired) electrons. The van der Waals surface area contributed by atoms with Crippen LogP contribution in [-0.2, 0) is 6.42 Å². The molecular formula is C27H30N2. The summed E-state index contributed by atoms with van der Waals surface area (Å²) in [6.07, 6.45) is 5.51. The Hall–Kier alpha value is -2.87. The molecule has 2 heteroatoms. The molecule has 0 bridgehead atoms. The minimum absolute atomic E-state index is 0.481. The average Bonchev–Trinajstić information content (AvgIpc) is 2.80. The molecule has 0 aromatic heterocycles. The predicted molar refractivity (Wildman–Crippen MR) is 123 cm³/mol. The Labute approximate surface area is 174 Å². The highest BCUT2D eigenvalue weighted by molar-refractivity contribution is 5.55. The van der Waals surface area contributed by atoms with Gasteiger partial charge < -0.3 is 4.90 Å². The highest BCUT2D eigenvalue weighted by Crippen LogP contribution is 2.37. The average molecular weight is 383 g/mol. The van der Waals surface area contributed by atoms with Gasteiger partial charge in [-0.2, -0.15) is 0 Å². The van der Waals surface area contributed by atoms with Crippen molar-refractivity contribution in [2.75, 3.05) is 19.6 Å². The van der Waals surface area contributed by atoms with Crippen molar-refractivity contribution in [3.8, 4) is 0 Å². The Morgan fingerprint density at radius 3 is 1.83 bits per heavy atom. The zero-order valence-electron chi connectivity index (χ0n) is 17.0. The fourth-order valence-electron chi connectivity index (χ4n) is 4.44. The molecule has 1 heterocycles. The van der Waals surface area contributed by atoms with E-state index in [9.17, 15) is 0 Å². The van der Waals surface area contributed by atoms with Crippen LogP contribution < -0.4 is 0 Å². The molecule has 0 aliphatic carbocycles. The number of hydrogen-bond donors (Lipinski definition) is 0. The molecule has 0 atom stereocenters. The van der Waals surface area contributed by atoms with Gasteiger partial charge in [-0.3, -0.25) is 4.99 Å². The highest BCUT2D eigenvalue weighted by atomic mass is 15.1. The number of benzene rings is 3. The third-order valence-electron chi connectivity index (χ3n) is 5.98. The maximum absolute atomic E-state index is 4.68. The number of aliphatic imine (C=N–C) groups is 1. The van der Waals surface area contributed by atoms with Crippen molar-refractivity contribution in [3.05, 3.63) is 108 Å². The van der Waals surface area contributed by atoms with E-state index in [0.717, 1.165) is 26.1 Å². The van der Waals surface area contributed by atoms with Crippen molar-refractivity contribution in [2.45, 2.75) is 25.2 Å². The van der Waals surface area contributed by atoms with Crippen LogP contribution in [-0.4, -0.2) is 30.9 Å². The van der Waals surface area contributed by atoms with Crippen molar-refractivity contribution in [1.29, 1.82) is 0 Å². The number of likely N-dealkylation sites (tertiary alicyclic amines) is 1. The van der Waals surface area contributed by atoms with E-state index in [2.05, 4.69) is 107 Å². The van der Waals surface area contributed by atoms with E-state index in [4.69, 9.17) is 0 Å². The van der Waals surface area contributed by atoms with Crippen LogP contribution in [0, 0.1) is 5.92 Å². The van der Waals surface area contributed by atoms with Crippen molar-refractivity contribution < 1.29 is 0 Å². The van der Waals surface area contributed by atoms with Crippen LogP contribution in [0.4, 0.5) is 0 Å². The van der Waals surface area contributed by atoms with E-state index in [1.54, 1.807) is 0 Å². The molecule has 4 rings (SSSR count). The van der Waals surface area contributed by atoms with Crippen molar-refractivity contribution in [3.63, 3.8) is 0 Å². The summed E-state index contributed by atoms with van der Waals surface area (Å²) < 4.78 is 0. The molecule has 0 spiro atoms. The number of piperidine rings is 1. The number of hydrogen-bond acceptors (Lipinski definition) is 1. The molecular weight excluding hydrogens is 352 g/mol. The second-order valence-electron chi connectivity index (χ2n) is 7.93. The Balaban J connectivity index is 1.35. The Bertz CT molecular complexity index is 827. The van der Waals surface area contributed by atoms with Crippen LogP contribution in [0.25, 0.3) is 0 Å². The van der Waals surface area contributed by atoms with Gasteiger partial charge >= 0.3 is 0 Å². The third kappa shape index (κ3) is 5.35. The van der Waals surface area contributed by atoms with Gasteiger partial charge in [0.15, 0.2) is 0 Å². The number of nitrogens with zero attached hydrogens (tertiary/aromatic N) is 2. The Morgan fingerprint density at radius 1 is 0.759 bits per heavy atom. The zero-order valence-corrected chi connectivity index (χ0v) is 17.0. The van der Waals surface area contributed by atoms with Crippen LogP contribution in [0.5, 0.6) is 0 Å². The molecule has 148 valence electrons. The van der Waals surface area contributed by atoms with Gasteiger partial charge in [-0.1, -0.05) is 91.0 Å². The summed E-state index contributed by atoms with van der Waals surface area (Å²) in [6, 6.07) is 32.6. The van der Waals surface area contributed by atoms with Gasteiger partial charge in [0, 0.05) is 25.6 Å². The summed E-state index contributed by atoms with van der Waals surface area (Å²) >= 11 is 0. The SMILES string of the molecule is C(=NCCc1ccccc1)N1CCC(C(c2ccccc2)c2ccccc2)CC1. The van der Waals surface area contributed by atoms with Gasteiger partial charge in [-0.15, -0.1) is 0 Å². The first-order chi connectivity index (χ1) is 14.4. The van der Waals surface area contributed by atoms with Crippen LogP contribution in [0.15, 0.2) is 96.0 Å². The lowest BCUT2D eigenvalue weighted by atomic mass is 9.76. The molecule has 3 aromatic carbocycles. The fraction of sp³-hybridized carbons (Fsp3) is 0.296. The normalized spacial score (nSPS) is 15.3. The van der Waals surface area contributed by atoms with Crippen LogP contribution in [0.2, 0.25) is 0 Å².